The van der Waals surface area contributed by atoms with Gasteiger partial charge in [-0.25, -0.2) is 9.18 Å². The number of alkyl carbamates (subject to hydrolysis) is 1. The Kier molecular flexibility index (Phi) is 4.83. The number of hydrogen-bond donors (Lipinski definition) is 2. The third kappa shape index (κ3) is 4.70. The summed E-state index contributed by atoms with van der Waals surface area (Å²) in [5.41, 5.74) is 0.420. The van der Waals surface area contributed by atoms with Crippen molar-refractivity contribution in [2.75, 3.05) is 13.1 Å². The van der Waals surface area contributed by atoms with Crippen LogP contribution in [0, 0.1) is 11.7 Å². The lowest BCUT2D eigenvalue weighted by Crippen LogP contribution is -2.36. The fraction of sp³-hybridized carbons (Fsp3) is 0.562. The molecule has 1 amide bonds. The second-order valence-electron chi connectivity index (χ2n) is 6.42. The average Bonchev–Trinajstić information content (AvgIpc) is 2.82. The van der Waals surface area contributed by atoms with Gasteiger partial charge in [-0.05, 0) is 57.4 Å². The van der Waals surface area contributed by atoms with Crippen molar-refractivity contribution < 1.29 is 13.9 Å². The molecular formula is C16H23FN2O2. The smallest absolute Gasteiger partial charge is 0.407 e. The summed E-state index contributed by atoms with van der Waals surface area (Å²) in [4.78, 5) is 11.7. The Morgan fingerprint density at radius 2 is 2.24 bits per heavy atom. The second-order valence-corrected chi connectivity index (χ2v) is 6.42. The van der Waals surface area contributed by atoms with Crippen LogP contribution in [0.1, 0.15) is 38.8 Å². The molecule has 0 bridgehead atoms. The Morgan fingerprint density at radius 1 is 1.48 bits per heavy atom. The summed E-state index contributed by atoms with van der Waals surface area (Å²) in [7, 11) is 0. The maximum atomic E-state index is 13.3. The molecule has 0 aromatic heterocycles. The molecule has 0 radical (unpaired) electrons. The van der Waals surface area contributed by atoms with Gasteiger partial charge in [0.05, 0.1) is 0 Å². The monoisotopic (exact) mass is 294 g/mol. The summed E-state index contributed by atoms with van der Waals surface area (Å²) in [5.74, 6) is -0.000583. The van der Waals surface area contributed by atoms with Gasteiger partial charge in [0.1, 0.15) is 11.4 Å². The number of carbonyl (C=O) groups excluding carboxylic acids is 1. The van der Waals surface area contributed by atoms with Crippen molar-refractivity contribution in [1.29, 1.82) is 0 Å². The molecule has 2 unspecified atom stereocenters. The molecule has 21 heavy (non-hydrogen) atoms. The van der Waals surface area contributed by atoms with Crippen LogP contribution in [0.4, 0.5) is 9.18 Å². The standard InChI is InChI=1S/C16H23FN2O2/c1-16(2,3)21-15(20)19-10-12-7-8-18-14(12)11-5-4-6-13(17)9-11/h4-6,9,12,14,18H,7-8,10H2,1-3H3,(H,19,20). The lowest BCUT2D eigenvalue weighted by Gasteiger charge is -2.23. The minimum atomic E-state index is -0.500. The number of nitrogens with one attached hydrogen (secondary N) is 2. The van der Waals surface area contributed by atoms with Gasteiger partial charge in [-0.3, -0.25) is 0 Å². The summed E-state index contributed by atoms with van der Waals surface area (Å²) in [5, 5.41) is 6.16. The van der Waals surface area contributed by atoms with E-state index in [-0.39, 0.29) is 17.8 Å². The van der Waals surface area contributed by atoms with Crippen LogP contribution in [0.15, 0.2) is 24.3 Å². The number of amides is 1. The van der Waals surface area contributed by atoms with E-state index >= 15 is 0 Å². The fourth-order valence-electron chi connectivity index (χ4n) is 2.60. The lowest BCUT2D eigenvalue weighted by atomic mass is 9.94. The number of rotatable bonds is 3. The molecule has 1 aliphatic heterocycles. The zero-order chi connectivity index (χ0) is 15.5. The van der Waals surface area contributed by atoms with Crippen molar-refractivity contribution in [2.45, 2.75) is 38.8 Å². The van der Waals surface area contributed by atoms with Crippen LogP contribution in [-0.4, -0.2) is 24.8 Å². The van der Waals surface area contributed by atoms with Crippen molar-refractivity contribution in [2.24, 2.45) is 5.92 Å². The molecular weight excluding hydrogens is 271 g/mol. The predicted octanol–water partition coefficient (Wildman–Crippen LogP) is 3.00. The first-order valence-corrected chi connectivity index (χ1v) is 7.31. The van der Waals surface area contributed by atoms with Crippen LogP contribution in [0.25, 0.3) is 0 Å². The first kappa shape index (κ1) is 15.8. The Balaban J connectivity index is 1.92. The second kappa shape index (κ2) is 6.43. The number of ether oxygens (including phenoxy) is 1. The first-order valence-electron chi connectivity index (χ1n) is 7.31. The molecule has 0 saturated carbocycles. The molecule has 1 aliphatic rings. The van der Waals surface area contributed by atoms with E-state index < -0.39 is 11.7 Å². The normalized spacial score (nSPS) is 22.1. The minimum absolute atomic E-state index is 0.0654. The van der Waals surface area contributed by atoms with E-state index in [1.54, 1.807) is 12.1 Å². The van der Waals surface area contributed by atoms with E-state index in [0.717, 1.165) is 18.5 Å². The Morgan fingerprint density at radius 3 is 2.90 bits per heavy atom. The zero-order valence-corrected chi connectivity index (χ0v) is 12.8. The van der Waals surface area contributed by atoms with E-state index in [0.29, 0.717) is 6.54 Å². The predicted molar refractivity (Wildman–Crippen MR) is 79.5 cm³/mol. The molecule has 5 heteroatoms. The van der Waals surface area contributed by atoms with E-state index in [4.69, 9.17) is 4.74 Å². The Hall–Kier alpha value is -1.62. The van der Waals surface area contributed by atoms with Gasteiger partial charge in [0, 0.05) is 12.6 Å². The van der Waals surface area contributed by atoms with Gasteiger partial charge in [0.15, 0.2) is 0 Å². The minimum Gasteiger partial charge on any atom is -0.444 e. The summed E-state index contributed by atoms with van der Waals surface area (Å²) in [6.07, 6.45) is 0.532. The molecule has 2 atom stereocenters. The molecule has 1 aromatic carbocycles. The van der Waals surface area contributed by atoms with Crippen LogP contribution < -0.4 is 10.6 Å². The van der Waals surface area contributed by atoms with Gasteiger partial charge in [-0.1, -0.05) is 12.1 Å². The van der Waals surface area contributed by atoms with E-state index in [9.17, 15) is 9.18 Å². The number of halogens is 1. The average molecular weight is 294 g/mol. The van der Waals surface area contributed by atoms with Gasteiger partial charge in [-0.15, -0.1) is 0 Å². The molecule has 2 N–H and O–H groups in total. The highest BCUT2D eigenvalue weighted by atomic mass is 19.1. The van der Waals surface area contributed by atoms with Crippen molar-refractivity contribution in [1.82, 2.24) is 10.6 Å². The number of benzene rings is 1. The van der Waals surface area contributed by atoms with Gasteiger partial charge in [-0.2, -0.15) is 0 Å². The van der Waals surface area contributed by atoms with E-state index in [1.165, 1.54) is 6.07 Å². The molecule has 4 nitrogen and oxygen atoms in total. The van der Waals surface area contributed by atoms with Crippen LogP contribution in [0.5, 0.6) is 0 Å². The van der Waals surface area contributed by atoms with Crippen LogP contribution in [-0.2, 0) is 4.74 Å². The van der Waals surface area contributed by atoms with Crippen LogP contribution >= 0.6 is 0 Å². The summed E-state index contributed by atoms with van der Waals surface area (Å²) < 4.78 is 18.6. The third-order valence-corrected chi connectivity index (χ3v) is 3.47. The van der Waals surface area contributed by atoms with Crippen LogP contribution in [0.2, 0.25) is 0 Å². The van der Waals surface area contributed by atoms with Gasteiger partial charge in [0.25, 0.3) is 0 Å². The Bertz CT molecular complexity index is 499. The molecule has 1 heterocycles. The van der Waals surface area contributed by atoms with Gasteiger partial charge in [0.2, 0.25) is 0 Å². The SMILES string of the molecule is CC(C)(C)OC(=O)NCC1CCNC1c1cccc(F)c1. The highest BCUT2D eigenvalue weighted by molar-refractivity contribution is 5.67. The summed E-state index contributed by atoms with van der Waals surface area (Å²) in [6, 6.07) is 6.67. The van der Waals surface area contributed by atoms with Gasteiger partial charge < -0.3 is 15.4 Å². The molecule has 1 fully saturated rings. The fourth-order valence-corrected chi connectivity index (χ4v) is 2.60. The van der Waals surface area contributed by atoms with Crippen molar-refractivity contribution >= 4 is 6.09 Å². The van der Waals surface area contributed by atoms with E-state index in [2.05, 4.69) is 10.6 Å². The van der Waals surface area contributed by atoms with Crippen molar-refractivity contribution in [3.63, 3.8) is 0 Å². The zero-order valence-electron chi connectivity index (χ0n) is 12.8. The third-order valence-electron chi connectivity index (χ3n) is 3.47. The first-order chi connectivity index (χ1) is 9.85. The summed E-state index contributed by atoms with van der Waals surface area (Å²) in [6.45, 7) is 6.88. The maximum absolute atomic E-state index is 13.3. The Labute approximate surface area is 125 Å². The topological polar surface area (TPSA) is 50.4 Å². The molecule has 0 aliphatic carbocycles. The lowest BCUT2D eigenvalue weighted by molar-refractivity contribution is 0.0518. The van der Waals surface area contributed by atoms with E-state index in [1.807, 2.05) is 26.8 Å². The maximum Gasteiger partial charge on any atom is 0.407 e. The molecule has 116 valence electrons. The molecule has 1 aromatic rings. The van der Waals surface area contributed by atoms with Crippen molar-refractivity contribution in [3.05, 3.63) is 35.6 Å². The van der Waals surface area contributed by atoms with Crippen molar-refractivity contribution in [3.8, 4) is 0 Å². The highest BCUT2D eigenvalue weighted by Crippen LogP contribution is 2.29. The molecule has 0 spiro atoms. The highest BCUT2D eigenvalue weighted by Gasteiger charge is 2.29. The molecule has 1 saturated heterocycles. The largest absolute Gasteiger partial charge is 0.444 e. The number of hydrogen-bond acceptors (Lipinski definition) is 3. The summed E-state index contributed by atoms with van der Waals surface area (Å²) >= 11 is 0. The number of carbonyl (C=O) groups is 1. The van der Waals surface area contributed by atoms with Crippen LogP contribution in [0.3, 0.4) is 0 Å². The molecule has 2 rings (SSSR count). The quantitative estimate of drug-likeness (QED) is 0.901. The van der Waals surface area contributed by atoms with Gasteiger partial charge >= 0.3 is 6.09 Å².